The Morgan fingerprint density at radius 1 is 1.12 bits per heavy atom. The van der Waals surface area contributed by atoms with E-state index in [0.717, 1.165) is 38.4 Å². The van der Waals surface area contributed by atoms with Crippen molar-refractivity contribution in [3.63, 3.8) is 0 Å². The minimum absolute atomic E-state index is 0.147. The average Bonchev–Trinajstić information content (AvgIpc) is 3.45. The lowest BCUT2D eigenvalue weighted by molar-refractivity contribution is -0.137. The summed E-state index contributed by atoms with van der Waals surface area (Å²) in [4.78, 5) is 27.2. The van der Waals surface area contributed by atoms with Crippen LogP contribution in [0.25, 0.3) is 0 Å². The van der Waals surface area contributed by atoms with E-state index in [1.165, 1.54) is 0 Å². The van der Waals surface area contributed by atoms with Gasteiger partial charge < -0.3 is 15.4 Å². The van der Waals surface area contributed by atoms with Crippen LogP contribution in [0.4, 0.5) is 0 Å². The Labute approximate surface area is 159 Å². The van der Waals surface area contributed by atoms with Gasteiger partial charge in [-0.25, -0.2) is 0 Å². The standard InChI is InChI=1S/C19H26ClN3O3/c20-16-3-1-2-15(14-16)4-7-21-17(24)19(5-6-19)18(25)22-8-9-23-10-12-26-13-11-23/h1-3,14H,4-13H2,(H,21,24)(H,22,25). The molecule has 2 aliphatic rings. The number of amides is 2. The van der Waals surface area contributed by atoms with Crippen LogP contribution in [0.15, 0.2) is 24.3 Å². The van der Waals surface area contributed by atoms with Crippen molar-refractivity contribution in [2.24, 2.45) is 5.41 Å². The number of carbonyl (C=O) groups is 2. The number of halogens is 1. The van der Waals surface area contributed by atoms with Crippen molar-refractivity contribution >= 4 is 23.4 Å². The van der Waals surface area contributed by atoms with Gasteiger partial charge in [-0.2, -0.15) is 0 Å². The summed E-state index contributed by atoms with van der Waals surface area (Å²) in [6.07, 6.45) is 1.94. The van der Waals surface area contributed by atoms with Crippen LogP contribution in [0.5, 0.6) is 0 Å². The maximum absolute atomic E-state index is 12.5. The van der Waals surface area contributed by atoms with Crippen LogP contribution in [0, 0.1) is 5.41 Å². The molecule has 2 amide bonds. The molecule has 0 unspecified atom stereocenters. The molecule has 0 aromatic heterocycles. The van der Waals surface area contributed by atoms with Crippen LogP contribution >= 0.6 is 11.6 Å². The summed E-state index contributed by atoms with van der Waals surface area (Å²) in [6.45, 7) is 5.13. The van der Waals surface area contributed by atoms with Gasteiger partial charge in [0, 0.05) is 37.7 Å². The number of nitrogens with zero attached hydrogens (tertiary/aromatic N) is 1. The van der Waals surface area contributed by atoms with Crippen LogP contribution in [-0.2, 0) is 20.7 Å². The number of carbonyl (C=O) groups excluding carboxylic acids is 2. The van der Waals surface area contributed by atoms with Crippen LogP contribution in [0.1, 0.15) is 18.4 Å². The Hall–Kier alpha value is -1.63. The van der Waals surface area contributed by atoms with Gasteiger partial charge in [0.05, 0.1) is 13.2 Å². The molecule has 142 valence electrons. The second-order valence-electron chi connectivity index (χ2n) is 6.93. The second-order valence-corrected chi connectivity index (χ2v) is 7.36. The molecule has 6 nitrogen and oxygen atoms in total. The van der Waals surface area contributed by atoms with Crippen molar-refractivity contribution in [1.29, 1.82) is 0 Å². The molecule has 3 rings (SSSR count). The molecular formula is C19H26ClN3O3. The van der Waals surface area contributed by atoms with Crippen molar-refractivity contribution in [2.75, 3.05) is 45.9 Å². The third kappa shape index (κ3) is 4.96. The number of morpholine rings is 1. The molecule has 1 saturated heterocycles. The molecular weight excluding hydrogens is 354 g/mol. The van der Waals surface area contributed by atoms with Crippen molar-refractivity contribution < 1.29 is 14.3 Å². The van der Waals surface area contributed by atoms with Gasteiger partial charge in [0.25, 0.3) is 0 Å². The first kappa shape index (κ1) is 19.1. The van der Waals surface area contributed by atoms with E-state index >= 15 is 0 Å². The fourth-order valence-electron chi connectivity index (χ4n) is 3.19. The molecule has 1 aliphatic heterocycles. The predicted molar refractivity (Wildman–Crippen MR) is 100 cm³/mol. The summed E-state index contributed by atoms with van der Waals surface area (Å²) >= 11 is 5.96. The quantitative estimate of drug-likeness (QED) is 0.666. The number of hydrogen-bond donors (Lipinski definition) is 2. The van der Waals surface area contributed by atoms with Gasteiger partial charge in [-0.05, 0) is 37.0 Å². The minimum Gasteiger partial charge on any atom is -0.379 e. The Bertz CT molecular complexity index is 643. The first-order valence-electron chi connectivity index (χ1n) is 9.21. The third-order valence-electron chi connectivity index (χ3n) is 5.02. The summed E-state index contributed by atoms with van der Waals surface area (Å²) in [5.41, 5.74) is 0.205. The molecule has 0 bridgehead atoms. The summed E-state index contributed by atoms with van der Waals surface area (Å²) < 4.78 is 5.31. The number of hydrogen-bond acceptors (Lipinski definition) is 4. The maximum atomic E-state index is 12.5. The molecule has 1 heterocycles. The molecule has 1 aromatic rings. The van der Waals surface area contributed by atoms with Gasteiger partial charge in [-0.3, -0.25) is 14.5 Å². The fourth-order valence-corrected chi connectivity index (χ4v) is 3.40. The summed E-state index contributed by atoms with van der Waals surface area (Å²) in [6, 6.07) is 7.58. The molecule has 1 saturated carbocycles. The van der Waals surface area contributed by atoms with Gasteiger partial charge in [0.15, 0.2) is 0 Å². The average molecular weight is 380 g/mol. The SMILES string of the molecule is O=C(NCCc1cccc(Cl)c1)C1(C(=O)NCCN2CCOCC2)CC1. The largest absolute Gasteiger partial charge is 0.379 e. The van der Waals surface area contributed by atoms with Crippen LogP contribution in [-0.4, -0.2) is 62.7 Å². The number of nitrogens with one attached hydrogen (secondary N) is 2. The predicted octanol–water partition coefficient (Wildman–Crippen LogP) is 1.23. The van der Waals surface area contributed by atoms with Crippen LogP contribution in [0.2, 0.25) is 5.02 Å². The number of rotatable bonds is 8. The molecule has 2 fully saturated rings. The van der Waals surface area contributed by atoms with Crippen molar-refractivity contribution in [1.82, 2.24) is 15.5 Å². The third-order valence-corrected chi connectivity index (χ3v) is 5.26. The van der Waals surface area contributed by atoms with Gasteiger partial charge in [0.2, 0.25) is 11.8 Å². The van der Waals surface area contributed by atoms with E-state index in [0.29, 0.717) is 37.4 Å². The zero-order valence-electron chi connectivity index (χ0n) is 14.9. The second kappa shape index (κ2) is 8.84. The smallest absolute Gasteiger partial charge is 0.235 e. The normalized spacial score (nSPS) is 19.0. The molecule has 0 spiro atoms. The van der Waals surface area contributed by atoms with E-state index in [-0.39, 0.29) is 11.8 Å². The van der Waals surface area contributed by atoms with Gasteiger partial charge in [0.1, 0.15) is 5.41 Å². The molecule has 26 heavy (non-hydrogen) atoms. The zero-order valence-corrected chi connectivity index (χ0v) is 15.7. The highest BCUT2D eigenvalue weighted by molar-refractivity contribution is 6.30. The lowest BCUT2D eigenvalue weighted by atomic mass is 10.0. The van der Waals surface area contributed by atoms with Crippen molar-refractivity contribution in [3.05, 3.63) is 34.9 Å². The van der Waals surface area contributed by atoms with E-state index in [4.69, 9.17) is 16.3 Å². The molecule has 2 N–H and O–H groups in total. The minimum atomic E-state index is -0.862. The molecule has 0 radical (unpaired) electrons. The summed E-state index contributed by atoms with van der Waals surface area (Å²) in [5.74, 6) is -0.311. The molecule has 0 atom stereocenters. The lowest BCUT2D eigenvalue weighted by Crippen LogP contribution is -2.46. The van der Waals surface area contributed by atoms with Crippen molar-refractivity contribution in [3.8, 4) is 0 Å². The first-order valence-corrected chi connectivity index (χ1v) is 9.59. The van der Waals surface area contributed by atoms with Gasteiger partial charge >= 0.3 is 0 Å². The van der Waals surface area contributed by atoms with Crippen LogP contribution in [0.3, 0.4) is 0 Å². The number of ether oxygens (including phenoxy) is 1. The van der Waals surface area contributed by atoms with Gasteiger partial charge in [-0.1, -0.05) is 23.7 Å². The van der Waals surface area contributed by atoms with Gasteiger partial charge in [-0.15, -0.1) is 0 Å². The highest BCUT2D eigenvalue weighted by atomic mass is 35.5. The molecule has 1 aromatic carbocycles. The zero-order chi connectivity index (χ0) is 18.4. The Morgan fingerprint density at radius 2 is 1.81 bits per heavy atom. The van der Waals surface area contributed by atoms with E-state index in [2.05, 4.69) is 15.5 Å². The Morgan fingerprint density at radius 3 is 2.46 bits per heavy atom. The molecule has 1 aliphatic carbocycles. The first-order chi connectivity index (χ1) is 12.6. The highest BCUT2D eigenvalue weighted by Gasteiger charge is 2.56. The lowest BCUT2D eigenvalue weighted by Gasteiger charge is -2.26. The highest BCUT2D eigenvalue weighted by Crippen LogP contribution is 2.46. The summed E-state index contributed by atoms with van der Waals surface area (Å²) in [7, 11) is 0. The molecule has 7 heteroatoms. The Balaban J connectivity index is 1.39. The topological polar surface area (TPSA) is 70.7 Å². The van der Waals surface area contributed by atoms with E-state index in [9.17, 15) is 9.59 Å². The van der Waals surface area contributed by atoms with E-state index < -0.39 is 5.41 Å². The maximum Gasteiger partial charge on any atom is 0.235 e. The van der Waals surface area contributed by atoms with E-state index in [1.54, 1.807) is 0 Å². The number of benzene rings is 1. The van der Waals surface area contributed by atoms with Crippen molar-refractivity contribution in [2.45, 2.75) is 19.3 Å². The van der Waals surface area contributed by atoms with Crippen LogP contribution < -0.4 is 10.6 Å². The monoisotopic (exact) mass is 379 g/mol. The summed E-state index contributed by atoms with van der Waals surface area (Å²) in [5, 5.41) is 6.52. The fraction of sp³-hybridized carbons (Fsp3) is 0.579. The van der Waals surface area contributed by atoms with E-state index in [1.807, 2.05) is 24.3 Å². The Kier molecular flexibility index (Phi) is 6.51.